The molecule has 2 nitrogen and oxygen atoms in total. The van der Waals surface area contributed by atoms with Gasteiger partial charge in [-0.15, -0.1) is 0 Å². The molecule has 16 heavy (non-hydrogen) atoms. The minimum atomic E-state index is -0.376. The molecule has 1 N–H and O–H groups in total. The van der Waals surface area contributed by atoms with Crippen molar-refractivity contribution in [3.05, 3.63) is 35.8 Å². The largest absolute Gasteiger partial charge is 0.393 e. The Kier molecular flexibility index (Phi) is 2.97. The molecule has 1 unspecified atom stereocenters. The van der Waals surface area contributed by atoms with Gasteiger partial charge in [-0.2, -0.15) is 0 Å². The van der Waals surface area contributed by atoms with Crippen molar-refractivity contribution in [2.45, 2.75) is 32.9 Å². The van der Waals surface area contributed by atoms with Crippen molar-refractivity contribution >= 4 is 10.9 Å². The number of hydrogen-bond acceptors (Lipinski definition) is 1. The van der Waals surface area contributed by atoms with Gasteiger partial charge in [0.1, 0.15) is 5.82 Å². The van der Waals surface area contributed by atoms with Crippen LogP contribution in [-0.2, 0) is 13.0 Å². The lowest BCUT2D eigenvalue weighted by atomic mass is 10.2. The van der Waals surface area contributed by atoms with E-state index >= 15 is 0 Å². The third-order valence-electron chi connectivity index (χ3n) is 2.77. The van der Waals surface area contributed by atoms with Crippen molar-refractivity contribution in [3.8, 4) is 0 Å². The number of aliphatic hydroxyl groups is 1. The van der Waals surface area contributed by atoms with Crippen molar-refractivity contribution < 1.29 is 9.50 Å². The normalized spacial score (nSPS) is 13.2. The average molecular weight is 221 g/mol. The first kappa shape index (κ1) is 11.1. The minimum Gasteiger partial charge on any atom is -0.393 e. The molecule has 0 aliphatic rings. The van der Waals surface area contributed by atoms with Gasteiger partial charge in [-0.05, 0) is 38.1 Å². The van der Waals surface area contributed by atoms with E-state index in [0.717, 1.165) is 23.1 Å². The average Bonchev–Trinajstić information content (AvgIpc) is 2.53. The molecule has 2 aromatic rings. The van der Waals surface area contributed by atoms with Crippen LogP contribution in [-0.4, -0.2) is 15.8 Å². The van der Waals surface area contributed by atoms with E-state index in [-0.39, 0.29) is 11.9 Å². The number of aromatic nitrogens is 1. The SMILES string of the molecule is CCn1c(CC(C)O)cc2ccc(F)cc21. The smallest absolute Gasteiger partial charge is 0.125 e. The summed E-state index contributed by atoms with van der Waals surface area (Å²) in [6.07, 6.45) is 0.226. The molecule has 0 spiro atoms. The summed E-state index contributed by atoms with van der Waals surface area (Å²) in [7, 11) is 0. The zero-order chi connectivity index (χ0) is 11.7. The first-order valence-corrected chi connectivity index (χ1v) is 5.57. The lowest BCUT2D eigenvalue weighted by Gasteiger charge is -2.09. The molecular formula is C13H16FNO. The molecule has 1 aromatic heterocycles. The Morgan fingerprint density at radius 2 is 2.12 bits per heavy atom. The number of rotatable bonds is 3. The van der Waals surface area contributed by atoms with E-state index in [1.807, 2.05) is 17.6 Å². The van der Waals surface area contributed by atoms with E-state index in [9.17, 15) is 9.50 Å². The molecule has 1 heterocycles. The summed E-state index contributed by atoms with van der Waals surface area (Å²) in [5.74, 6) is -0.219. The standard InChI is InChI=1S/C13H16FNO/c1-3-15-12(6-9(2)16)7-10-4-5-11(14)8-13(10)15/h4-5,7-9,16H,3,6H2,1-2H3. The number of halogens is 1. The zero-order valence-corrected chi connectivity index (χ0v) is 9.57. The van der Waals surface area contributed by atoms with Crippen LogP contribution in [0.25, 0.3) is 10.9 Å². The van der Waals surface area contributed by atoms with Crippen LogP contribution in [0.2, 0.25) is 0 Å². The van der Waals surface area contributed by atoms with Crippen LogP contribution in [0.5, 0.6) is 0 Å². The van der Waals surface area contributed by atoms with E-state index in [0.29, 0.717) is 6.42 Å². The van der Waals surface area contributed by atoms with E-state index in [1.165, 1.54) is 6.07 Å². The second kappa shape index (κ2) is 4.26. The van der Waals surface area contributed by atoms with Gasteiger partial charge >= 0.3 is 0 Å². The number of aliphatic hydroxyl groups excluding tert-OH is 1. The van der Waals surface area contributed by atoms with Gasteiger partial charge in [0.15, 0.2) is 0 Å². The van der Waals surface area contributed by atoms with Gasteiger partial charge in [0.2, 0.25) is 0 Å². The van der Waals surface area contributed by atoms with Crippen LogP contribution in [0.15, 0.2) is 24.3 Å². The number of nitrogens with zero attached hydrogens (tertiary/aromatic N) is 1. The van der Waals surface area contributed by atoms with Crippen LogP contribution in [0.3, 0.4) is 0 Å². The predicted molar refractivity (Wildman–Crippen MR) is 63.0 cm³/mol. The number of benzene rings is 1. The van der Waals surface area contributed by atoms with E-state index < -0.39 is 0 Å². The number of aryl methyl sites for hydroxylation is 1. The fourth-order valence-corrected chi connectivity index (χ4v) is 2.13. The van der Waals surface area contributed by atoms with Crippen molar-refractivity contribution in [1.29, 1.82) is 0 Å². The van der Waals surface area contributed by atoms with Gasteiger partial charge in [0.25, 0.3) is 0 Å². The Morgan fingerprint density at radius 3 is 2.75 bits per heavy atom. The molecule has 86 valence electrons. The molecule has 0 aliphatic carbocycles. The maximum atomic E-state index is 13.2. The Hall–Kier alpha value is -1.35. The molecule has 0 radical (unpaired) electrons. The topological polar surface area (TPSA) is 25.2 Å². The van der Waals surface area contributed by atoms with Gasteiger partial charge in [-0.1, -0.05) is 0 Å². The highest BCUT2D eigenvalue weighted by molar-refractivity contribution is 5.81. The molecule has 0 saturated carbocycles. The van der Waals surface area contributed by atoms with Crippen molar-refractivity contribution in [2.75, 3.05) is 0 Å². The monoisotopic (exact) mass is 221 g/mol. The lowest BCUT2D eigenvalue weighted by Crippen LogP contribution is -2.09. The van der Waals surface area contributed by atoms with E-state index in [1.54, 1.807) is 19.1 Å². The van der Waals surface area contributed by atoms with Crippen LogP contribution in [0.1, 0.15) is 19.5 Å². The molecule has 0 amide bonds. The van der Waals surface area contributed by atoms with E-state index in [4.69, 9.17) is 0 Å². The maximum absolute atomic E-state index is 13.2. The fourth-order valence-electron chi connectivity index (χ4n) is 2.13. The minimum absolute atomic E-state index is 0.219. The summed E-state index contributed by atoms with van der Waals surface area (Å²) in [6, 6.07) is 6.81. The third kappa shape index (κ3) is 1.95. The second-order valence-corrected chi connectivity index (χ2v) is 4.14. The Morgan fingerprint density at radius 1 is 1.38 bits per heavy atom. The molecule has 1 atom stereocenters. The summed E-state index contributed by atoms with van der Waals surface area (Å²) in [6.45, 7) is 4.57. The quantitative estimate of drug-likeness (QED) is 0.847. The van der Waals surface area contributed by atoms with Crippen molar-refractivity contribution in [3.63, 3.8) is 0 Å². The highest BCUT2D eigenvalue weighted by Crippen LogP contribution is 2.22. The molecule has 3 heteroatoms. The van der Waals surface area contributed by atoms with Crippen molar-refractivity contribution in [2.24, 2.45) is 0 Å². The molecule has 0 saturated heterocycles. The molecule has 2 rings (SSSR count). The van der Waals surface area contributed by atoms with E-state index in [2.05, 4.69) is 0 Å². The summed E-state index contributed by atoms with van der Waals surface area (Å²) in [5.41, 5.74) is 1.95. The maximum Gasteiger partial charge on any atom is 0.125 e. The third-order valence-corrected chi connectivity index (χ3v) is 2.77. The van der Waals surface area contributed by atoms with Crippen LogP contribution >= 0.6 is 0 Å². The van der Waals surface area contributed by atoms with Crippen LogP contribution < -0.4 is 0 Å². The van der Waals surface area contributed by atoms with Crippen LogP contribution in [0, 0.1) is 5.82 Å². The van der Waals surface area contributed by atoms with Gasteiger partial charge in [-0.25, -0.2) is 4.39 Å². The summed E-state index contributed by atoms with van der Waals surface area (Å²) in [5, 5.41) is 10.4. The molecule has 0 bridgehead atoms. The zero-order valence-electron chi connectivity index (χ0n) is 9.57. The number of hydrogen-bond donors (Lipinski definition) is 1. The molecule has 1 aromatic carbocycles. The fraction of sp³-hybridized carbons (Fsp3) is 0.385. The van der Waals surface area contributed by atoms with Gasteiger partial charge in [0.05, 0.1) is 11.6 Å². The Bertz CT molecular complexity index is 502. The highest BCUT2D eigenvalue weighted by atomic mass is 19.1. The highest BCUT2D eigenvalue weighted by Gasteiger charge is 2.10. The predicted octanol–water partition coefficient (Wildman–Crippen LogP) is 2.72. The summed E-state index contributed by atoms with van der Waals surface area (Å²) >= 11 is 0. The summed E-state index contributed by atoms with van der Waals surface area (Å²) in [4.78, 5) is 0. The Labute approximate surface area is 94.3 Å². The van der Waals surface area contributed by atoms with Crippen LogP contribution in [0.4, 0.5) is 4.39 Å². The summed E-state index contributed by atoms with van der Waals surface area (Å²) < 4.78 is 15.2. The first-order chi connectivity index (χ1) is 7.61. The molecule has 0 fully saturated rings. The van der Waals surface area contributed by atoms with Gasteiger partial charge in [-0.3, -0.25) is 0 Å². The second-order valence-electron chi connectivity index (χ2n) is 4.14. The molecular weight excluding hydrogens is 205 g/mol. The Balaban J connectivity index is 2.57. The molecule has 0 aliphatic heterocycles. The lowest BCUT2D eigenvalue weighted by molar-refractivity contribution is 0.193. The van der Waals surface area contributed by atoms with Gasteiger partial charge < -0.3 is 9.67 Å². The van der Waals surface area contributed by atoms with Crippen molar-refractivity contribution in [1.82, 2.24) is 4.57 Å². The number of fused-ring (bicyclic) bond motifs is 1. The first-order valence-electron chi connectivity index (χ1n) is 5.57. The van der Waals surface area contributed by atoms with Gasteiger partial charge in [0, 0.05) is 24.0 Å².